The van der Waals surface area contributed by atoms with Crippen molar-refractivity contribution in [1.82, 2.24) is 19.9 Å². The summed E-state index contributed by atoms with van der Waals surface area (Å²) < 4.78 is 34.3. The van der Waals surface area contributed by atoms with Gasteiger partial charge in [0.05, 0.1) is 13.3 Å². The van der Waals surface area contributed by atoms with Crippen molar-refractivity contribution in [2.75, 3.05) is 7.11 Å². The lowest BCUT2D eigenvalue weighted by atomic mass is 10.2. The lowest BCUT2D eigenvalue weighted by Gasteiger charge is -2.10. The molecule has 0 atom stereocenters. The maximum atomic E-state index is 12.4. The molecular weight excluding hydrogens is 282 g/mol. The zero-order valence-electron chi connectivity index (χ0n) is 10.9. The Morgan fingerprint density at radius 2 is 2.10 bits per heavy atom. The Morgan fingerprint density at radius 3 is 2.81 bits per heavy atom. The molecule has 3 rings (SSSR count). The first kappa shape index (κ1) is 13.2. The first-order valence-electron chi connectivity index (χ1n) is 5.96. The number of aromatic nitrogens is 4. The van der Waals surface area contributed by atoms with Crippen molar-refractivity contribution in [2.45, 2.75) is 6.61 Å². The van der Waals surface area contributed by atoms with Gasteiger partial charge in [0.2, 0.25) is 0 Å². The van der Waals surface area contributed by atoms with E-state index < -0.39 is 6.61 Å². The van der Waals surface area contributed by atoms with Crippen LogP contribution in [0.1, 0.15) is 0 Å². The van der Waals surface area contributed by atoms with Crippen LogP contribution in [0.3, 0.4) is 0 Å². The number of fused-ring (bicyclic) bond motifs is 1. The fourth-order valence-corrected chi connectivity index (χ4v) is 1.91. The van der Waals surface area contributed by atoms with E-state index in [1.807, 2.05) is 0 Å². The largest absolute Gasteiger partial charge is 0.493 e. The smallest absolute Gasteiger partial charge is 0.387 e. The minimum atomic E-state index is -2.93. The molecular formula is C13H10F2N4O2. The number of H-pyrrole nitrogens is 1. The first-order chi connectivity index (χ1) is 10.2. The molecule has 0 spiro atoms. The van der Waals surface area contributed by atoms with Gasteiger partial charge in [-0.15, -0.1) is 0 Å². The van der Waals surface area contributed by atoms with Crippen LogP contribution in [0.15, 0.2) is 30.7 Å². The van der Waals surface area contributed by atoms with Crippen LogP contribution in [0, 0.1) is 0 Å². The lowest BCUT2D eigenvalue weighted by Crippen LogP contribution is -2.03. The van der Waals surface area contributed by atoms with E-state index in [2.05, 4.69) is 24.7 Å². The molecule has 0 saturated carbocycles. The molecule has 0 aliphatic rings. The molecule has 1 N–H and O–H groups in total. The fourth-order valence-electron chi connectivity index (χ4n) is 1.91. The van der Waals surface area contributed by atoms with Crippen LogP contribution in [0.5, 0.6) is 11.5 Å². The average molecular weight is 292 g/mol. The van der Waals surface area contributed by atoms with Crippen molar-refractivity contribution in [2.24, 2.45) is 0 Å². The van der Waals surface area contributed by atoms with Crippen molar-refractivity contribution >= 4 is 11.2 Å². The Balaban J connectivity index is 2.05. The number of alkyl halides is 2. The van der Waals surface area contributed by atoms with Crippen molar-refractivity contribution in [3.8, 4) is 22.9 Å². The molecule has 2 heterocycles. The van der Waals surface area contributed by atoms with Gasteiger partial charge < -0.3 is 14.5 Å². The summed E-state index contributed by atoms with van der Waals surface area (Å²) in [5.74, 6) is 0.638. The van der Waals surface area contributed by atoms with Gasteiger partial charge in [-0.2, -0.15) is 8.78 Å². The second-order valence-corrected chi connectivity index (χ2v) is 4.09. The van der Waals surface area contributed by atoms with Gasteiger partial charge in [0, 0.05) is 5.56 Å². The maximum Gasteiger partial charge on any atom is 0.387 e. The van der Waals surface area contributed by atoms with Crippen molar-refractivity contribution in [3.63, 3.8) is 0 Å². The molecule has 0 radical (unpaired) electrons. The minimum Gasteiger partial charge on any atom is -0.493 e. The molecule has 0 saturated heterocycles. The second kappa shape index (κ2) is 5.31. The summed E-state index contributed by atoms with van der Waals surface area (Å²) in [7, 11) is 1.38. The third-order valence-corrected chi connectivity index (χ3v) is 2.82. The van der Waals surface area contributed by atoms with E-state index in [4.69, 9.17) is 4.74 Å². The van der Waals surface area contributed by atoms with E-state index in [-0.39, 0.29) is 11.5 Å². The van der Waals surface area contributed by atoms with Gasteiger partial charge in [-0.05, 0) is 18.2 Å². The Morgan fingerprint density at radius 1 is 1.24 bits per heavy atom. The van der Waals surface area contributed by atoms with Gasteiger partial charge in [0.25, 0.3) is 0 Å². The Kier molecular flexibility index (Phi) is 3.35. The van der Waals surface area contributed by atoms with E-state index >= 15 is 0 Å². The molecule has 8 heteroatoms. The van der Waals surface area contributed by atoms with Gasteiger partial charge in [0.15, 0.2) is 17.1 Å². The third-order valence-electron chi connectivity index (χ3n) is 2.82. The van der Waals surface area contributed by atoms with Gasteiger partial charge in [-0.1, -0.05) is 0 Å². The first-order valence-corrected chi connectivity index (χ1v) is 5.96. The molecule has 0 aliphatic heterocycles. The molecule has 108 valence electrons. The summed E-state index contributed by atoms with van der Waals surface area (Å²) in [6.07, 6.45) is 2.96. The molecule has 0 fully saturated rings. The van der Waals surface area contributed by atoms with Crippen LogP contribution in [0.4, 0.5) is 8.78 Å². The minimum absolute atomic E-state index is 0.0588. The van der Waals surface area contributed by atoms with Gasteiger partial charge in [-0.25, -0.2) is 15.0 Å². The van der Waals surface area contributed by atoms with Crippen LogP contribution in [0.2, 0.25) is 0 Å². The number of nitrogens with one attached hydrogen (secondary N) is 1. The highest BCUT2D eigenvalue weighted by Crippen LogP contribution is 2.33. The summed E-state index contributed by atoms with van der Waals surface area (Å²) in [5, 5.41) is 0. The summed E-state index contributed by atoms with van der Waals surface area (Å²) in [6, 6.07) is 4.64. The second-order valence-electron chi connectivity index (χ2n) is 4.09. The number of hydrogen-bond donors (Lipinski definition) is 1. The van der Waals surface area contributed by atoms with Crippen molar-refractivity contribution in [3.05, 3.63) is 30.7 Å². The number of halogens is 2. The standard InChI is InChI=1S/C13H10F2N4O2/c1-20-9-3-2-7(4-10(9)21-13(14)15)11-18-8-5-16-6-17-12(8)19-11/h2-6,13H,1H3,(H,16,17,18,19). The number of rotatable bonds is 4. The van der Waals surface area contributed by atoms with E-state index in [0.717, 1.165) is 0 Å². The zero-order valence-corrected chi connectivity index (χ0v) is 10.9. The highest BCUT2D eigenvalue weighted by molar-refractivity contribution is 5.75. The molecule has 0 aliphatic carbocycles. The monoisotopic (exact) mass is 292 g/mol. The number of methoxy groups -OCH3 is 1. The normalized spacial score (nSPS) is 11.0. The summed E-state index contributed by atoms with van der Waals surface area (Å²) in [6.45, 7) is -2.93. The molecule has 0 unspecified atom stereocenters. The quantitative estimate of drug-likeness (QED) is 0.800. The van der Waals surface area contributed by atoms with Gasteiger partial charge in [-0.3, -0.25) is 0 Å². The van der Waals surface area contributed by atoms with E-state index in [0.29, 0.717) is 22.6 Å². The Hall–Kier alpha value is -2.77. The highest BCUT2D eigenvalue weighted by atomic mass is 19.3. The summed E-state index contributed by atoms with van der Waals surface area (Å²) in [4.78, 5) is 15.2. The van der Waals surface area contributed by atoms with Crippen LogP contribution < -0.4 is 9.47 Å². The highest BCUT2D eigenvalue weighted by Gasteiger charge is 2.14. The summed E-state index contributed by atoms with van der Waals surface area (Å²) in [5.41, 5.74) is 1.72. The fraction of sp³-hybridized carbons (Fsp3) is 0.154. The van der Waals surface area contributed by atoms with Gasteiger partial charge in [0.1, 0.15) is 17.7 Å². The molecule has 0 amide bonds. The molecule has 0 bridgehead atoms. The number of aromatic amines is 1. The van der Waals surface area contributed by atoms with E-state index in [9.17, 15) is 8.78 Å². The number of imidazole rings is 1. The molecule has 1 aromatic carbocycles. The van der Waals surface area contributed by atoms with Crippen molar-refractivity contribution < 1.29 is 18.3 Å². The molecule has 21 heavy (non-hydrogen) atoms. The number of benzene rings is 1. The third kappa shape index (κ3) is 2.60. The van der Waals surface area contributed by atoms with Gasteiger partial charge >= 0.3 is 6.61 Å². The number of hydrogen-bond acceptors (Lipinski definition) is 5. The predicted molar refractivity (Wildman–Crippen MR) is 70.3 cm³/mol. The Bertz CT molecular complexity index is 743. The van der Waals surface area contributed by atoms with Crippen LogP contribution >= 0.6 is 0 Å². The van der Waals surface area contributed by atoms with Crippen molar-refractivity contribution in [1.29, 1.82) is 0 Å². The zero-order chi connectivity index (χ0) is 14.8. The lowest BCUT2D eigenvalue weighted by molar-refractivity contribution is -0.0511. The molecule has 2 aromatic heterocycles. The SMILES string of the molecule is COc1ccc(-c2nc3ncncc3[nH]2)cc1OC(F)F. The van der Waals surface area contributed by atoms with Crippen LogP contribution in [-0.2, 0) is 0 Å². The maximum absolute atomic E-state index is 12.4. The van der Waals surface area contributed by atoms with E-state index in [1.54, 1.807) is 12.3 Å². The Labute approximate surface area is 117 Å². The van der Waals surface area contributed by atoms with Crippen LogP contribution in [0.25, 0.3) is 22.6 Å². The number of ether oxygens (including phenoxy) is 2. The molecule has 3 aromatic rings. The average Bonchev–Trinajstić information content (AvgIpc) is 2.90. The summed E-state index contributed by atoms with van der Waals surface area (Å²) >= 11 is 0. The van der Waals surface area contributed by atoms with Crippen LogP contribution in [-0.4, -0.2) is 33.7 Å². The van der Waals surface area contributed by atoms with E-state index in [1.165, 1.54) is 25.6 Å². The molecule has 6 nitrogen and oxygen atoms in total. The topological polar surface area (TPSA) is 72.9 Å². The number of nitrogens with zero attached hydrogens (tertiary/aromatic N) is 3. The predicted octanol–water partition coefficient (Wildman–Crippen LogP) is 2.63.